The first-order valence-electron chi connectivity index (χ1n) is 7.20. The summed E-state index contributed by atoms with van der Waals surface area (Å²) in [7, 11) is 0. The van der Waals surface area contributed by atoms with E-state index >= 15 is 0 Å². The van der Waals surface area contributed by atoms with Gasteiger partial charge in [0.25, 0.3) is 0 Å². The van der Waals surface area contributed by atoms with Gasteiger partial charge in [0, 0.05) is 12.8 Å². The number of hydrogen-bond donors (Lipinski definition) is 0. The highest BCUT2D eigenvalue weighted by Crippen LogP contribution is 2.39. The maximum atomic E-state index is 12.4. The quantitative estimate of drug-likeness (QED) is 0.818. The number of halogens is 3. The van der Waals surface area contributed by atoms with Gasteiger partial charge in [0.1, 0.15) is 5.75 Å². The third-order valence-corrected chi connectivity index (χ3v) is 3.90. The Hall–Kier alpha value is -1.53. The van der Waals surface area contributed by atoms with Gasteiger partial charge in [-0.2, -0.15) is 0 Å². The standard InChI is InChI=1S/C16H17F3O3/c1-11-8-13(10-14(9-11)22-16(17,18)19)12-2-4-15(5-3-12)20-6-7-21-15/h2,8-10H,3-7H2,1H3. The fourth-order valence-corrected chi connectivity index (χ4v) is 2.96. The van der Waals surface area contributed by atoms with Crippen LogP contribution in [0, 0.1) is 6.92 Å². The second-order valence-electron chi connectivity index (χ2n) is 5.62. The van der Waals surface area contributed by atoms with Crippen LogP contribution in [0.15, 0.2) is 24.3 Å². The molecule has 1 spiro atoms. The maximum absolute atomic E-state index is 12.4. The fourth-order valence-electron chi connectivity index (χ4n) is 2.96. The minimum atomic E-state index is -4.68. The van der Waals surface area contributed by atoms with E-state index in [9.17, 15) is 13.2 Å². The van der Waals surface area contributed by atoms with Gasteiger partial charge in [-0.05, 0) is 42.2 Å². The van der Waals surface area contributed by atoms with E-state index in [1.165, 1.54) is 12.1 Å². The lowest BCUT2D eigenvalue weighted by Gasteiger charge is -2.30. The Bertz CT molecular complexity index is 587. The van der Waals surface area contributed by atoms with Crippen LogP contribution in [0.3, 0.4) is 0 Å². The molecule has 0 amide bonds. The molecule has 0 atom stereocenters. The topological polar surface area (TPSA) is 27.7 Å². The summed E-state index contributed by atoms with van der Waals surface area (Å²) < 4.78 is 52.4. The highest BCUT2D eigenvalue weighted by molar-refractivity contribution is 5.68. The molecular weight excluding hydrogens is 297 g/mol. The number of benzene rings is 1. The zero-order valence-corrected chi connectivity index (χ0v) is 12.2. The number of aryl methyl sites for hydroxylation is 1. The smallest absolute Gasteiger partial charge is 0.406 e. The summed E-state index contributed by atoms with van der Waals surface area (Å²) in [5.74, 6) is -0.712. The number of ether oxygens (including phenoxy) is 3. The van der Waals surface area contributed by atoms with Crippen LogP contribution in [-0.2, 0) is 9.47 Å². The largest absolute Gasteiger partial charge is 0.573 e. The Kier molecular flexibility index (Phi) is 3.91. The molecule has 0 unspecified atom stereocenters. The first kappa shape index (κ1) is 15.4. The molecule has 1 aromatic rings. The molecule has 22 heavy (non-hydrogen) atoms. The lowest BCUT2D eigenvalue weighted by Crippen LogP contribution is -2.31. The molecule has 1 aromatic carbocycles. The Morgan fingerprint density at radius 2 is 1.86 bits per heavy atom. The lowest BCUT2D eigenvalue weighted by atomic mass is 9.89. The van der Waals surface area contributed by atoms with Crippen LogP contribution in [0.1, 0.15) is 30.4 Å². The van der Waals surface area contributed by atoms with Crippen LogP contribution in [0.4, 0.5) is 13.2 Å². The van der Waals surface area contributed by atoms with E-state index in [0.29, 0.717) is 32.5 Å². The molecule has 3 rings (SSSR count). The number of alkyl halides is 3. The zero-order chi connectivity index (χ0) is 15.8. The van der Waals surface area contributed by atoms with Crippen molar-refractivity contribution in [3.63, 3.8) is 0 Å². The lowest BCUT2D eigenvalue weighted by molar-refractivity contribution is -0.274. The van der Waals surface area contributed by atoms with Crippen molar-refractivity contribution < 1.29 is 27.4 Å². The normalized spacial score (nSPS) is 21.0. The van der Waals surface area contributed by atoms with Crippen molar-refractivity contribution in [3.8, 4) is 5.75 Å². The SMILES string of the molecule is Cc1cc(OC(F)(F)F)cc(C2=CCC3(CC2)OCCO3)c1. The Morgan fingerprint density at radius 3 is 2.45 bits per heavy atom. The minimum Gasteiger partial charge on any atom is -0.406 e. The van der Waals surface area contributed by atoms with E-state index in [0.717, 1.165) is 16.7 Å². The first-order chi connectivity index (χ1) is 10.4. The summed E-state index contributed by atoms with van der Waals surface area (Å²) in [5, 5.41) is 0. The zero-order valence-electron chi connectivity index (χ0n) is 12.2. The van der Waals surface area contributed by atoms with Gasteiger partial charge in [-0.15, -0.1) is 13.2 Å². The third-order valence-electron chi connectivity index (χ3n) is 3.90. The van der Waals surface area contributed by atoms with Gasteiger partial charge in [0.2, 0.25) is 0 Å². The molecule has 120 valence electrons. The predicted molar refractivity (Wildman–Crippen MR) is 74.3 cm³/mol. The van der Waals surface area contributed by atoms with Crippen molar-refractivity contribution in [2.45, 2.75) is 38.3 Å². The Balaban J connectivity index is 1.81. The van der Waals surface area contributed by atoms with E-state index in [4.69, 9.17) is 9.47 Å². The monoisotopic (exact) mass is 314 g/mol. The van der Waals surface area contributed by atoms with E-state index in [1.807, 2.05) is 12.1 Å². The molecule has 0 aromatic heterocycles. The van der Waals surface area contributed by atoms with Gasteiger partial charge in [-0.1, -0.05) is 12.1 Å². The van der Waals surface area contributed by atoms with Crippen molar-refractivity contribution in [1.29, 1.82) is 0 Å². The molecule has 1 aliphatic carbocycles. The van der Waals surface area contributed by atoms with Gasteiger partial charge >= 0.3 is 6.36 Å². The van der Waals surface area contributed by atoms with Crippen LogP contribution in [0.2, 0.25) is 0 Å². The van der Waals surface area contributed by atoms with E-state index in [2.05, 4.69) is 4.74 Å². The van der Waals surface area contributed by atoms with Gasteiger partial charge in [0.05, 0.1) is 13.2 Å². The fraction of sp³-hybridized carbons (Fsp3) is 0.500. The van der Waals surface area contributed by atoms with Crippen LogP contribution < -0.4 is 4.74 Å². The number of allylic oxidation sites excluding steroid dienone is 1. The predicted octanol–water partition coefficient (Wildman–Crippen LogP) is 4.20. The molecule has 6 heteroatoms. The van der Waals surface area contributed by atoms with Gasteiger partial charge in [-0.25, -0.2) is 0 Å². The highest BCUT2D eigenvalue weighted by Gasteiger charge is 2.38. The van der Waals surface area contributed by atoms with Crippen molar-refractivity contribution in [2.75, 3.05) is 13.2 Å². The highest BCUT2D eigenvalue weighted by atomic mass is 19.4. The third kappa shape index (κ3) is 3.44. The molecule has 1 saturated heterocycles. The molecule has 1 fully saturated rings. The van der Waals surface area contributed by atoms with Crippen molar-refractivity contribution in [3.05, 3.63) is 35.4 Å². The van der Waals surface area contributed by atoms with E-state index in [-0.39, 0.29) is 5.75 Å². The van der Waals surface area contributed by atoms with Crippen LogP contribution >= 0.6 is 0 Å². The Morgan fingerprint density at radius 1 is 1.14 bits per heavy atom. The molecule has 1 heterocycles. The van der Waals surface area contributed by atoms with Crippen LogP contribution in [0.5, 0.6) is 5.75 Å². The minimum absolute atomic E-state index is 0.183. The van der Waals surface area contributed by atoms with Gasteiger partial charge in [0.15, 0.2) is 5.79 Å². The van der Waals surface area contributed by atoms with E-state index in [1.54, 1.807) is 6.92 Å². The van der Waals surface area contributed by atoms with Crippen LogP contribution in [-0.4, -0.2) is 25.4 Å². The summed E-state index contributed by atoms with van der Waals surface area (Å²) in [6, 6.07) is 4.68. The summed E-state index contributed by atoms with van der Waals surface area (Å²) >= 11 is 0. The van der Waals surface area contributed by atoms with Gasteiger partial charge < -0.3 is 14.2 Å². The van der Waals surface area contributed by atoms with Crippen molar-refractivity contribution in [1.82, 2.24) is 0 Å². The number of hydrogen-bond acceptors (Lipinski definition) is 3. The summed E-state index contributed by atoms with van der Waals surface area (Å²) in [6.45, 7) is 2.94. The average molecular weight is 314 g/mol. The molecule has 0 saturated carbocycles. The Labute approximate surface area is 126 Å². The summed E-state index contributed by atoms with van der Waals surface area (Å²) in [4.78, 5) is 0. The molecule has 3 nitrogen and oxygen atoms in total. The van der Waals surface area contributed by atoms with E-state index < -0.39 is 12.1 Å². The summed E-state index contributed by atoms with van der Waals surface area (Å²) in [6.07, 6.45) is -0.661. The molecule has 0 radical (unpaired) electrons. The first-order valence-corrected chi connectivity index (χ1v) is 7.20. The average Bonchev–Trinajstić information content (AvgIpc) is 2.85. The van der Waals surface area contributed by atoms with Crippen LogP contribution in [0.25, 0.3) is 5.57 Å². The molecule has 0 bridgehead atoms. The second-order valence-corrected chi connectivity index (χ2v) is 5.62. The molecule has 0 N–H and O–H groups in total. The van der Waals surface area contributed by atoms with Crippen molar-refractivity contribution >= 4 is 5.57 Å². The van der Waals surface area contributed by atoms with Crippen molar-refractivity contribution in [2.24, 2.45) is 0 Å². The number of rotatable bonds is 2. The maximum Gasteiger partial charge on any atom is 0.573 e. The molecule has 2 aliphatic rings. The second kappa shape index (κ2) is 5.59. The molecular formula is C16H17F3O3. The van der Waals surface area contributed by atoms with Gasteiger partial charge in [-0.3, -0.25) is 0 Å². The summed E-state index contributed by atoms with van der Waals surface area (Å²) in [5.41, 5.74) is 2.49. The molecule has 1 aliphatic heterocycles.